The van der Waals surface area contributed by atoms with Crippen LogP contribution in [0.2, 0.25) is 0 Å². The summed E-state index contributed by atoms with van der Waals surface area (Å²) in [5.74, 6) is -1.06. The topological polar surface area (TPSA) is 101 Å². The van der Waals surface area contributed by atoms with Crippen molar-refractivity contribution < 1.29 is 18.3 Å². The maximum absolute atomic E-state index is 11.9. The van der Waals surface area contributed by atoms with Crippen molar-refractivity contribution in [1.82, 2.24) is 14.3 Å². The zero-order valence-corrected chi connectivity index (χ0v) is 11.5. The molecule has 0 aliphatic heterocycles. The minimum atomic E-state index is -3.70. The monoisotopic (exact) mass is 295 g/mol. The van der Waals surface area contributed by atoms with E-state index in [1.165, 1.54) is 29.2 Å². The number of benzene rings is 1. The minimum absolute atomic E-state index is 0.0000274. The van der Waals surface area contributed by atoms with E-state index in [9.17, 15) is 13.2 Å². The first kappa shape index (κ1) is 14.2. The third kappa shape index (κ3) is 3.22. The van der Waals surface area contributed by atoms with Gasteiger partial charge in [-0.05, 0) is 17.7 Å². The number of aryl methyl sites for hydroxylation is 1. The van der Waals surface area contributed by atoms with Gasteiger partial charge in [-0.2, -0.15) is 0 Å². The van der Waals surface area contributed by atoms with Crippen LogP contribution in [0.15, 0.2) is 41.8 Å². The van der Waals surface area contributed by atoms with Gasteiger partial charge in [0, 0.05) is 19.8 Å². The first-order valence-corrected chi connectivity index (χ1v) is 7.17. The average Bonchev–Trinajstić information content (AvgIpc) is 2.84. The highest BCUT2D eigenvalue weighted by Gasteiger charge is 2.16. The number of sulfonamides is 1. The van der Waals surface area contributed by atoms with Crippen molar-refractivity contribution in [2.45, 2.75) is 11.6 Å². The van der Waals surface area contributed by atoms with Crippen LogP contribution in [0.3, 0.4) is 0 Å². The fraction of sp³-hybridized carbons (Fsp3) is 0.167. The summed E-state index contributed by atoms with van der Waals surface area (Å²) in [5.41, 5.74) is 0.670. The van der Waals surface area contributed by atoms with Gasteiger partial charge in [-0.3, -0.25) is 0 Å². The molecule has 0 fully saturated rings. The van der Waals surface area contributed by atoms with Crippen LogP contribution in [0.5, 0.6) is 0 Å². The van der Waals surface area contributed by atoms with Crippen molar-refractivity contribution >= 4 is 16.0 Å². The van der Waals surface area contributed by atoms with Gasteiger partial charge in [-0.15, -0.1) is 0 Å². The first-order valence-electron chi connectivity index (χ1n) is 5.68. The third-order valence-corrected chi connectivity index (χ3v) is 3.88. The molecule has 2 aromatic rings. The van der Waals surface area contributed by atoms with E-state index in [1.807, 2.05) is 0 Å². The molecule has 0 aliphatic carbocycles. The highest BCUT2D eigenvalue weighted by molar-refractivity contribution is 7.89. The van der Waals surface area contributed by atoms with Crippen molar-refractivity contribution in [3.63, 3.8) is 0 Å². The van der Waals surface area contributed by atoms with E-state index in [1.54, 1.807) is 19.2 Å². The van der Waals surface area contributed by atoms with Crippen molar-refractivity contribution in [3.8, 4) is 0 Å². The second-order valence-electron chi connectivity index (χ2n) is 4.21. The largest absolute Gasteiger partial charge is 0.478 e. The summed E-state index contributed by atoms with van der Waals surface area (Å²) in [6, 6.07) is 6.07. The quantitative estimate of drug-likeness (QED) is 0.841. The molecule has 1 aromatic heterocycles. The Morgan fingerprint density at radius 2 is 2.20 bits per heavy atom. The number of carboxylic acid groups (broad SMARTS) is 1. The Bertz CT molecular complexity index is 737. The van der Waals surface area contributed by atoms with Gasteiger partial charge in [-0.25, -0.2) is 22.9 Å². The maximum Gasteiger partial charge on any atom is 0.335 e. The van der Waals surface area contributed by atoms with Crippen molar-refractivity contribution in [1.29, 1.82) is 0 Å². The molecule has 1 heterocycles. The molecule has 0 atom stereocenters. The lowest BCUT2D eigenvalue weighted by atomic mass is 10.1. The molecule has 0 saturated heterocycles. The fourth-order valence-electron chi connectivity index (χ4n) is 1.59. The van der Waals surface area contributed by atoms with Crippen LogP contribution >= 0.6 is 0 Å². The number of aromatic carboxylic acids is 1. The van der Waals surface area contributed by atoms with Crippen molar-refractivity contribution in [3.05, 3.63) is 47.9 Å². The smallest absolute Gasteiger partial charge is 0.335 e. The Balaban J connectivity index is 2.12. The minimum Gasteiger partial charge on any atom is -0.478 e. The molecule has 0 aliphatic rings. The predicted octanol–water partition coefficient (Wildman–Crippen LogP) is 0.597. The number of rotatable bonds is 5. The van der Waals surface area contributed by atoms with Crippen LogP contribution in [-0.4, -0.2) is 29.0 Å². The summed E-state index contributed by atoms with van der Waals surface area (Å²) < 4.78 is 27.8. The second kappa shape index (κ2) is 5.43. The van der Waals surface area contributed by atoms with Gasteiger partial charge in [0.05, 0.1) is 11.9 Å². The van der Waals surface area contributed by atoms with Crippen LogP contribution in [0.25, 0.3) is 0 Å². The molecule has 0 spiro atoms. The summed E-state index contributed by atoms with van der Waals surface area (Å²) in [4.78, 5) is 14.6. The molecule has 20 heavy (non-hydrogen) atoms. The molecular formula is C12H13N3O4S. The van der Waals surface area contributed by atoms with Crippen molar-refractivity contribution in [2.75, 3.05) is 0 Å². The number of aromatic nitrogens is 2. The second-order valence-corrected chi connectivity index (χ2v) is 5.92. The fourth-order valence-corrected chi connectivity index (χ4v) is 2.59. The van der Waals surface area contributed by atoms with Gasteiger partial charge in [0.15, 0.2) is 5.03 Å². The van der Waals surface area contributed by atoms with E-state index >= 15 is 0 Å². The zero-order valence-electron chi connectivity index (χ0n) is 10.6. The lowest BCUT2D eigenvalue weighted by molar-refractivity contribution is 0.0696. The highest BCUT2D eigenvalue weighted by Crippen LogP contribution is 2.08. The van der Waals surface area contributed by atoms with Gasteiger partial charge < -0.3 is 9.67 Å². The molecule has 2 N–H and O–H groups in total. The number of nitrogens with zero attached hydrogens (tertiary/aromatic N) is 2. The Hall–Kier alpha value is -2.19. The van der Waals surface area contributed by atoms with Crippen LogP contribution in [0.4, 0.5) is 0 Å². The summed E-state index contributed by atoms with van der Waals surface area (Å²) in [6.45, 7) is 0.0000274. The molecule has 2 rings (SSSR count). The molecule has 7 nitrogen and oxygen atoms in total. The lowest BCUT2D eigenvalue weighted by Gasteiger charge is -2.05. The number of carbonyl (C=O) groups is 1. The van der Waals surface area contributed by atoms with E-state index in [2.05, 4.69) is 9.71 Å². The molecule has 1 aromatic carbocycles. The number of imidazole rings is 1. The van der Waals surface area contributed by atoms with Crippen LogP contribution < -0.4 is 4.72 Å². The molecule has 0 bridgehead atoms. The standard InChI is InChI=1S/C12H13N3O4S/c1-15-7-11(13-8-15)20(18,19)14-6-9-3-2-4-10(5-9)12(16)17/h2-5,7-8,14H,6H2,1H3,(H,16,17). The molecule has 8 heteroatoms. The first-order chi connectivity index (χ1) is 9.38. The summed E-state index contributed by atoms with van der Waals surface area (Å²) in [6.07, 6.45) is 2.77. The third-order valence-electron chi connectivity index (χ3n) is 2.60. The Morgan fingerprint density at radius 1 is 1.45 bits per heavy atom. The Morgan fingerprint density at radius 3 is 2.80 bits per heavy atom. The van der Waals surface area contributed by atoms with Gasteiger partial charge >= 0.3 is 5.97 Å². The molecule has 0 saturated carbocycles. The molecular weight excluding hydrogens is 282 g/mol. The van der Waals surface area contributed by atoms with Crippen LogP contribution in [0, 0.1) is 0 Å². The Labute approximate surface area is 115 Å². The van der Waals surface area contributed by atoms with E-state index in [0.717, 1.165) is 0 Å². The summed E-state index contributed by atoms with van der Waals surface area (Å²) in [7, 11) is -2.03. The average molecular weight is 295 g/mol. The van der Waals surface area contributed by atoms with E-state index in [-0.39, 0.29) is 17.1 Å². The van der Waals surface area contributed by atoms with E-state index in [0.29, 0.717) is 5.56 Å². The van der Waals surface area contributed by atoms with Gasteiger partial charge in [0.2, 0.25) is 0 Å². The van der Waals surface area contributed by atoms with Crippen LogP contribution in [0.1, 0.15) is 15.9 Å². The number of hydrogen-bond acceptors (Lipinski definition) is 4. The lowest BCUT2D eigenvalue weighted by Crippen LogP contribution is -2.23. The number of carboxylic acids is 1. The number of nitrogens with one attached hydrogen (secondary N) is 1. The van der Waals surface area contributed by atoms with E-state index < -0.39 is 16.0 Å². The predicted molar refractivity (Wildman–Crippen MR) is 70.6 cm³/mol. The highest BCUT2D eigenvalue weighted by atomic mass is 32.2. The summed E-state index contributed by atoms with van der Waals surface area (Å²) >= 11 is 0. The summed E-state index contributed by atoms with van der Waals surface area (Å²) in [5, 5.41) is 8.79. The molecule has 106 valence electrons. The maximum atomic E-state index is 11.9. The van der Waals surface area contributed by atoms with E-state index in [4.69, 9.17) is 5.11 Å². The van der Waals surface area contributed by atoms with Gasteiger partial charge in [0.25, 0.3) is 10.0 Å². The zero-order chi connectivity index (χ0) is 14.8. The van der Waals surface area contributed by atoms with Gasteiger partial charge in [0.1, 0.15) is 0 Å². The number of hydrogen-bond donors (Lipinski definition) is 2. The Kier molecular flexibility index (Phi) is 3.86. The molecule has 0 unspecified atom stereocenters. The van der Waals surface area contributed by atoms with Crippen molar-refractivity contribution in [2.24, 2.45) is 7.05 Å². The molecule has 0 radical (unpaired) electrons. The SMILES string of the molecule is Cn1cnc(S(=O)(=O)NCc2cccc(C(=O)O)c2)c1. The molecule has 0 amide bonds. The van der Waals surface area contributed by atoms with Crippen LogP contribution in [-0.2, 0) is 23.6 Å². The normalized spacial score (nSPS) is 11.4. The van der Waals surface area contributed by atoms with Gasteiger partial charge in [-0.1, -0.05) is 12.1 Å².